The van der Waals surface area contributed by atoms with E-state index in [1.165, 1.54) is 11.8 Å². The van der Waals surface area contributed by atoms with Crippen molar-refractivity contribution in [2.24, 2.45) is 7.05 Å². The number of halogens is 2. The van der Waals surface area contributed by atoms with E-state index in [-0.39, 0.29) is 0 Å². The summed E-state index contributed by atoms with van der Waals surface area (Å²) in [4.78, 5) is 0. The standard InChI is InChI=1S/C10H10Cl2N4S/c1-16-9(13)14-15-10(16)17-5-6-3-2-4-7(11)8(6)12/h2-4H,5H2,1H3,(H2,13,14). The maximum absolute atomic E-state index is 6.09. The number of nitrogens with two attached hydrogens (primary N) is 1. The van der Waals surface area contributed by atoms with Gasteiger partial charge in [0, 0.05) is 12.8 Å². The molecule has 2 N–H and O–H groups in total. The van der Waals surface area contributed by atoms with E-state index in [1.54, 1.807) is 10.6 Å². The first-order valence-electron chi connectivity index (χ1n) is 4.80. The van der Waals surface area contributed by atoms with Gasteiger partial charge >= 0.3 is 0 Å². The van der Waals surface area contributed by atoms with Gasteiger partial charge in [0.2, 0.25) is 5.95 Å². The Bertz CT molecular complexity index is 541. The van der Waals surface area contributed by atoms with Gasteiger partial charge < -0.3 is 5.73 Å². The molecule has 7 heteroatoms. The highest BCUT2D eigenvalue weighted by molar-refractivity contribution is 7.98. The Labute approximate surface area is 113 Å². The van der Waals surface area contributed by atoms with E-state index in [4.69, 9.17) is 28.9 Å². The Morgan fingerprint density at radius 2 is 2.12 bits per heavy atom. The molecule has 2 rings (SSSR count). The molecule has 90 valence electrons. The molecular formula is C10H10Cl2N4S. The van der Waals surface area contributed by atoms with Crippen LogP contribution in [0.15, 0.2) is 23.4 Å². The highest BCUT2D eigenvalue weighted by Gasteiger charge is 2.09. The van der Waals surface area contributed by atoms with Gasteiger partial charge in [-0.2, -0.15) is 0 Å². The lowest BCUT2D eigenvalue weighted by molar-refractivity contribution is 0.796. The Morgan fingerprint density at radius 1 is 1.35 bits per heavy atom. The minimum Gasteiger partial charge on any atom is -0.368 e. The third-order valence-electron chi connectivity index (χ3n) is 2.26. The monoisotopic (exact) mass is 288 g/mol. The summed E-state index contributed by atoms with van der Waals surface area (Å²) in [7, 11) is 1.82. The highest BCUT2D eigenvalue weighted by atomic mass is 35.5. The summed E-state index contributed by atoms with van der Waals surface area (Å²) >= 11 is 13.5. The molecule has 1 heterocycles. The minimum atomic E-state index is 0.393. The fourth-order valence-corrected chi connectivity index (χ4v) is 2.63. The largest absolute Gasteiger partial charge is 0.368 e. The first kappa shape index (κ1) is 12.5. The van der Waals surface area contributed by atoms with Crippen LogP contribution < -0.4 is 5.73 Å². The van der Waals surface area contributed by atoms with Gasteiger partial charge in [-0.3, -0.25) is 4.57 Å². The van der Waals surface area contributed by atoms with Crippen LogP contribution in [0.1, 0.15) is 5.56 Å². The molecule has 1 aromatic heterocycles. The molecular weight excluding hydrogens is 279 g/mol. The summed E-state index contributed by atoms with van der Waals surface area (Å²) in [5.41, 5.74) is 6.56. The average Bonchev–Trinajstić information content (AvgIpc) is 2.62. The number of nitrogen functional groups attached to an aromatic ring is 1. The number of hydrogen-bond donors (Lipinski definition) is 1. The van der Waals surface area contributed by atoms with Crippen LogP contribution in [0.25, 0.3) is 0 Å². The van der Waals surface area contributed by atoms with E-state index in [2.05, 4.69) is 10.2 Å². The molecule has 0 saturated carbocycles. The van der Waals surface area contributed by atoms with E-state index < -0.39 is 0 Å². The SMILES string of the molecule is Cn1c(N)nnc1SCc1cccc(Cl)c1Cl. The third-order valence-corrected chi connectivity index (χ3v) is 4.18. The van der Waals surface area contributed by atoms with Crippen molar-refractivity contribution in [3.05, 3.63) is 33.8 Å². The molecule has 1 aromatic carbocycles. The van der Waals surface area contributed by atoms with E-state index in [9.17, 15) is 0 Å². The lowest BCUT2D eigenvalue weighted by Crippen LogP contribution is -1.98. The summed E-state index contributed by atoms with van der Waals surface area (Å²) in [6.45, 7) is 0. The summed E-state index contributed by atoms with van der Waals surface area (Å²) in [5.74, 6) is 1.07. The number of hydrogen-bond acceptors (Lipinski definition) is 4. The van der Waals surface area contributed by atoms with Crippen molar-refractivity contribution in [3.63, 3.8) is 0 Å². The van der Waals surface area contributed by atoms with Crippen molar-refractivity contribution in [1.29, 1.82) is 0 Å². The Morgan fingerprint density at radius 3 is 2.76 bits per heavy atom. The molecule has 4 nitrogen and oxygen atoms in total. The molecule has 17 heavy (non-hydrogen) atoms. The molecule has 0 unspecified atom stereocenters. The van der Waals surface area contributed by atoms with Crippen molar-refractivity contribution in [3.8, 4) is 0 Å². The molecule has 2 aromatic rings. The van der Waals surface area contributed by atoms with Crippen molar-refractivity contribution >= 4 is 40.9 Å². The number of benzene rings is 1. The van der Waals surface area contributed by atoms with E-state index in [1.807, 2.05) is 19.2 Å². The zero-order valence-corrected chi connectivity index (χ0v) is 11.4. The van der Waals surface area contributed by atoms with Crippen LogP contribution >= 0.6 is 35.0 Å². The van der Waals surface area contributed by atoms with Gasteiger partial charge in [0.05, 0.1) is 10.0 Å². The van der Waals surface area contributed by atoms with Gasteiger partial charge in [-0.1, -0.05) is 47.1 Å². The van der Waals surface area contributed by atoms with Gasteiger partial charge in [0.25, 0.3) is 0 Å². The second-order valence-corrected chi connectivity index (χ2v) is 5.13. The average molecular weight is 289 g/mol. The van der Waals surface area contributed by atoms with Crippen LogP contribution in [0.5, 0.6) is 0 Å². The van der Waals surface area contributed by atoms with Crippen LogP contribution in [-0.2, 0) is 12.8 Å². The third kappa shape index (κ3) is 2.68. The fraction of sp³-hybridized carbons (Fsp3) is 0.200. The summed E-state index contributed by atoms with van der Waals surface area (Å²) in [6.07, 6.45) is 0. The molecule has 0 atom stereocenters. The molecule has 0 aliphatic heterocycles. The van der Waals surface area contributed by atoms with Gasteiger partial charge in [-0.25, -0.2) is 0 Å². The smallest absolute Gasteiger partial charge is 0.222 e. The number of rotatable bonds is 3. The first-order valence-corrected chi connectivity index (χ1v) is 6.54. The van der Waals surface area contributed by atoms with E-state index >= 15 is 0 Å². The maximum Gasteiger partial charge on any atom is 0.222 e. The molecule has 0 fully saturated rings. The highest BCUT2D eigenvalue weighted by Crippen LogP contribution is 2.30. The molecule has 0 aliphatic rings. The molecule has 0 radical (unpaired) electrons. The molecule has 0 aliphatic carbocycles. The topological polar surface area (TPSA) is 56.7 Å². The van der Waals surface area contributed by atoms with Crippen molar-refractivity contribution in [2.75, 3.05) is 5.73 Å². The van der Waals surface area contributed by atoms with Gasteiger partial charge in [0.15, 0.2) is 5.16 Å². The minimum absolute atomic E-state index is 0.393. The Balaban J connectivity index is 2.13. The first-order chi connectivity index (χ1) is 8.09. The predicted octanol–water partition coefficient (Wildman–Crippen LogP) is 3.00. The van der Waals surface area contributed by atoms with Crippen molar-refractivity contribution < 1.29 is 0 Å². The lowest BCUT2D eigenvalue weighted by atomic mass is 10.2. The van der Waals surface area contributed by atoms with E-state index in [0.29, 0.717) is 21.7 Å². The number of nitrogens with zero attached hydrogens (tertiary/aromatic N) is 3. The zero-order chi connectivity index (χ0) is 12.4. The summed E-state index contributed by atoms with van der Waals surface area (Å²) in [6, 6.07) is 5.56. The zero-order valence-electron chi connectivity index (χ0n) is 9.02. The van der Waals surface area contributed by atoms with Gasteiger partial charge in [-0.05, 0) is 11.6 Å². The van der Waals surface area contributed by atoms with Crippen LogP contribution in [0, 0.1) is 0 Å². The molecule has 0 spiro atoms. The molecule has 0 amide bonds. The molecule has 0 saturated heterocycles. The van der Waals surface area contributed by atoms with Gasteiger partial charge in [-0.15, -0.1) is 10.2 Å². The predicted molar refractivity (Wildman–Crippen MR) is 71.4 cm³/mol. The van der Waals surface area contributed by atoms with Gasteiger partial charge in [0.1, 0.15) is 0 Å². The van der Waals surface area contributed by atoms with E-state index in [0.717, 1.165) is 10.7 Å². The summed E-state index contributed by atoms with van der Waals surface area (Å²) < 4.78 is 1.73. The van der Waals surface area contributed by atoms with Crippen LogP contribution in [0.2, 0.25) is 10.0 Å². The van der Waals surface area contributed by atoms with Crippen LogP contribution in [0.4, 0.5) is 5.95 Å². The quantitative estimate of drug-likeness (QED) is 0.882. The molecule has 0 bridgehead atoms. The maximum atomic E-state index is 6.09. The second-order valence-electron chi connectivity index (χ2n) is 3.40. The van der Waals surface area contributed by atoms with Crippen molar-refractivity contribution in [1.82, 2.24) is 14.8 Å². The van der Waals surface area contributed by atoms with Crippen LogP contribution in [-0.4, -0.2) is 14.8 Å². The number of thioether (sulfide) groups is 1. The number of aromatic nitrogens is 3. The number of anilines is 1. The Hall–Kier alpha value is -0.910. The second kappa shape index (κ2) is 5.16. The van der Waals surface area contributed by atoms with Crippen molar-refractivity contribution in [2.45, 2.75) is 10.9 Å². The Kier molecular flexibility index (Phi) is 3.81. The lowest BCUT2D eigenvalue weighted by Gasteiger charge is -2.05. The van der Waals surface area contributed by atoms with Crippen LogP contribution in [0.3, 0.4) is 0 Å². The fourth-order valence-electron chi connectivity index (χ4n) is 1.25. The normalized spacial score (nSPS) is 10.8. The summed E-state index contributed by atoms with van der Waals surface area (Å²) in [5, 5.41) is 9.62.